The van der Waals surface area contributed by atoms with E-state index in [-0.39, 0.29) is 5.78 Å². The lowest BCUT2D eigenvalue weighted by atomic mass is 10.1. The first-order valence-corrected chi connectivity index (χ1v) is 9.17. The van der Waals surface area contributed by atoms with E-state index in [1.54, 1.807) is 24.3 Å². The van der Waals surface area contributed by atoms with E-state index < -0.39 is 0 Å². The topological polar surface area (TPSA) is 81.7 Å². The van der Waals surface area contributed by atoms with Crippen molar-refractivity contribution in [3.05, 3.63) is 45.1 Å². The summed E-state index contributed by atoms with van der Waals surface area (Å²) in [6.07, 6.45) is 0.762. The number of thiophene rings is 3. The van der Waals surface area contributed by atoms with E-state index in [9.17, 15) is 20.1 Å². The Balaban J connectivity index is 2.20. The molecule has 0 bridgehead atoms. The monoisotopic (exact) mass is 368 g/mol. The Kier molecular flexibility index (Phi) is 4.41. The van der Waals surface area contributed by atoms with Crippen molar-refractivity contribution >= 4 is 46.1 Å². The Labute approximate surface area is 149 Å². The fourth-order valence-electron chi connectivity index (χ4n) is 2.18. The maximum atomic E-state index is 11.5. The number of carbonyl (C=O) groups excluding carboxylic acids is 2. The summed E-state index contributed by atoms with van der Waals surface area (Å²) in [6, 6.07) is 11.2. The van der Waals surface area contributed by atoms with Crippen LogP contribution in [0.15, 0.2) is 24.3 Å². The predicted molar refractivity (Wildman–Crippen MR) is 95.8 cm³/mol. The first-order valence-electron chi connectivity index (χ1n) is 6.72. The number of Topliss-reactive ketones (excluding diaryl/α,β-unsaturated/α-hetero) is 1. The van der Waals surface area contributed by atoms with E-state index in [0.717, 1.165) is 16.0 Å². The maximum Gasteiger partial charge on any atom is 0.169 e. The van der Waals surface area contributed by atoms with Gasteiger partial charge in [0.15, 0.2) is 12.1 Å². The third kappa shape index (κ3) is 2.70. The van der Waals surface area contributed by atoms with Crippen molar-refractivity contribution < 1.29 is 9.59 Å². The van der Waals surface area contributed by atoms with Crippen molar-refractivity contribution in [1.82, 2.24) is 0 Å². The number of hydrogen-bond acceptors (Lipinski definition) is 7. The van der Waals surface area contributed by atoms with Gasteiger partial charge in [-0.15, -0.1) is 34.0 Å². The van der Waals surface area contributed by atoms with Gasteiger partial charge >= 0.3 is 0 Å². The van der Waals surface area contributed by atoms with Gasteiger partial charge in [0.05, 0.1) is 30.6 Å². The predicted octanol–water partition coefficient (Wildman–Crippen LogP) is 4.96. The summed E-state index contributed by atoms with van der Waals surface area (Å²) in [6.45, 7) is 1.49. The average Bonchev–Trinajstić information content (AvgIpc) is 3.30. The molecule has 0 fully saturated rings. The molecule has 0 aliphatic rings. The van der Waals surface area contributed by atoms with Gasteiger partial charge in [-0.3, -0.25) is 9.59 Å². The Bertz CT molecular complexity index is 1040. The Morgan fingerprint density at radius 2 is 1.54 bits per heavy atom. The number of ketones is 1. The number of rotatable bonds is 4. The van der Waals surface area contributed by atoms with Crippen LogP contribution in [0.3, 0.4) is 0 Å². The summed E-state index contributed by atoms with van der Waals surface area (Å²) in [4.78, 5) is 26.5. The molecule has 0 radical (unpaired) electrons. The molecule has 0 N–H and O–H groups in total. The molecule has 3 rings (SSSR count). The first kappa shape index (κ1) is 16.3. The third-order valence-electron chi connectivity index (χ3n) is 3.28. The molecule has 116 valence electrons. The van der Waals surface area contributed by atoms with E-state index in [1.807, 2.05) is 0 Å². The van der Waals surface area contributed by atoms with E-state index in [1.165, 1.54) is 40.9 Å². The number of aldehydes is 1. The van der Waals surface area contributed by atoms with Gasteiger partial charge in [-0.1, -0.05) is 0 Å². The second-order valence-corrected chi connectivity index (χ2v) is 7.99. The van der Waals surface area contributed by atoms with Crippen molar-refractivity contribution in [3.8, 4) is 31.6 Å². The minimum absolute atomic E-state index is 0.0316. The van der Waals surface area contributed by atoms with Crippen LogP contribution in [0.4, 0.5) is 0 Å². The zero-order valence-electron chi connectivity index (χ0n) is 12.3. The summed E-state index contributed by atoms with van der Waals surface area (Å²) in [5, 5.41) is 19.0. The van der Waals surface area contributed by atoms with Crippen LogP contribution >= 0.6 is 34.0 Å². The fraction of sp³-hybridized carbons (Fsp3) is 0.0588. The molecule has 0 aliphatic heterocycles. The second kappa shape index (κ2) is 6.50. The molecule has 7 heteroatoms. The zero-order valence-corrected chi connectivity index (χ0v) is 14.8. The summed E-state index contributed by atoms with van der Waals surface area (Å²) in [5.74, 6) is -0.0316. The van der Waals surface area contributed by atoms with Gasteiger partial charge < -0.3 is 0 Å². The molecule has 0 saturated carbocycles. The van der Waals surface area contributed by atoms with Crippen LogP contribution in [0.5, 0.6) is 0 Å². The standard InChI is InChI=1S/C17H8N2O2S3/c1-9(21)13-4-5-15(23-13)17-12(7-19)11(6-18)16(24-17)14-3-2-10(8-20)22-14/h2-5,8H,1H3. The van der Waals surface area contributed by atoms with Crippen LogP contribution in [0, 0.1) is 22.7 Å². The van der Waals surface area contributed by atoms with Gasteiger partial charge in [0, 0.05) is 9.75 Å². The van der Waals surface area contributed by atoms with Crippen LogP contribution in [0.2, 0.25) is 0 Å². The number of nitrogens with zero attached hydrogens (tertiary/aromatic N) is 2. The molecule has 0 unspecified atom stereocenters. The first-order chi connectivity index (χ1) is 11.6. The highest BCUT2D eigenvalue weighted by Crippen LogP contribution is 2.45. The highest BCUT2D eigenvalue weighted by molar-refractivity contribution is 7.27. The number of nitriles is 2. The Morgan fingerprint density at radius 3 is 2.00 bits per heavy atom. The molecule has 3 heterocycles. The van der Waals surface area contributed by atoms with Crippen molar-refractivity contribution in [1.29, 1.82) is 10.5 Å². The smallest absolute Gasteiger partial charge is 0.169 e. The summed E-state index contributed by atoms with van der Waals surface area (Å²) in [7, 11) is 0. The van der Waals surface area contributed by atoms with E-state index in [4.69, 9.17) is 0 Å². The lowest BCUT2D eigenvalue weighted by molar-refractivity contribution is 0.102. The van der Waals surface area contributed by atoms with Crippen LogP contribution in [-0.4, -0.2) is 12.1 Å². The third-order valence-corrected chi connectivity index (χ3v) is 7.02. The lowest BCUT2D eigenvalue weighted by Gasteiger charge is -1.92. The molecule has 0 aliphatic carbocycles. The van der Waals surface area contributed by atoms with Crippen LogP contribution in [-0.2, 0) is 0 Å². The van der Waals surface area contributed by atoms with Gasteiger partial charge in [-0.05, 0) is 31.2 Å². The maximum absolute atomic E-state index is 11.5. The van der Waals surface area contributed by atoms with E-state index in [0.29, 0.717) is 30.6 Å². The lowest BCUT2D eigenvalue weighted by Crippen LogP contribution is -1.83. The van der Waals surface area contributed by atoms with E-state index in [2.05, 4.69) is 12.1 Å². The fourth-order valence-corrected chi connectivity index (χ4v) is 5.34. The van der Waals surface area contributed by atoms with Gasteiger partial charge in [-0.25, -0.2) is 0 Å². The molecule has 24 heavy (non-hydrogen) atoms. The SMILES string of the molecule is CC(=O)c1ccc(-c2sc(-c3ccc(C=O)s3)c(C#N)c2C#N)s1. The van der Waals surface area contributed by atoms with Gasteiger partial charge in [0.25, 0.3) is 0 Å². The average molecular weight is 368 g/mol. The largest absolute Gasteiger partial charge is 0.297 e. The van der Waals surface area contributed by atoms with Crippen LogP contribution in [0.25, 0.3) is 19.5 Å². The quantitative estimate of drug-likeness (QED) is 0.481. The molecule has 0 atom stereocenters. The molecule has 4 nitrogen and oxygen atoms in total. The van der Waals surface area contributed by atoms with Gasteiger partial charge in [-0.2, -0.15) is 10.5 Å². The van der Waals surface area contributed by atoms with Crippen molar-refractivity contribution in [3.63, 3.8) is 0 Å². The highest BCUT2D eigenvalue weighted by Gasteiger charge is 2.22. The Morgan fingerprint density at radius 1 is 0.958 bits per heavy atom. The van der Waals surface area contributed by atoms with Crippen molar-refractivity contribution in [2.24, 2.45) is 0 Å². The highest BCUT2D eigenvalue weighted by atomic mass is 32.1. The van der Waals surface area contributed by atoms with Gasteiger partial charge in [0.1, 0.15) is 12.1 Å². The second-order valence-electron chi connectivity index (χ2n) is 4.77. The minimum Gasteiger partial charge on any atom is -0.297 e. The molecular formula is C17H8N2O2S3. The molecule has 0 amide bonds. The molecular weight excluding hydrogens is 360 g/mol. The van der Waals surface area contributed by atoms with Crippen LogP contribution in [0.1, 0.15) is 37.4 Å². The Hall–Kier alpha value is -2.58. The minimum atomic E-state index is -0.0316. The summed E-state index contributed by atoms with van der Waals surface area (Å²) in [5.41, 5.74) is 0.630. The van der Waals surface area contributed by atoms with Crippen molar-refractivity contribution in [2.75, 3.05) is 0 Å². The normalized spacial score (nSPS) is 10.1. The summed E-state index contributed by atoms with van der Waals surface area (Å²) >= 11 is 3.93. The molecule has 0 spiro atoms. The van der Waals surface area contributed by atoms with Gasteiger partial charge in [0.2, 0.25) is 0 Å². The number of carbonyl (C=O) groups is 2. The van der Waals surface area contributed by atoms with E-state index >= 15 is 0 Å². The molecule has 3 aromatic heterocycles. The van der Waals surface area contributed by atoms with Crippen LogP contribution < -0.4 is 0 Å². The number of hydrogen-bond donors (Lipinski definition) is 0. The molecule has 0 aromatic carbocycles. The molecule has 3 aromatic rings. The zero-order chi connectivity index (χ0) is 17.3. The van der Waals surface area contributed by atoms with Crippen molar-refractivity contribution in [2.45, 2.75) is 6.92 Å². The summed E-state index contributed by atoms with van der Waals surface area (Å²) < 4.78 is 0. The molecule has 0 saturated heterocycles.